The fourth-order valence-corrected chi connectivity index (χ4v) is 3.38. The highest BCUT2D eigenvalue weighted by Gasteiger charge is 2.28. The van der Waals surface area contributed by atoms with Gasteiger partial charge in [0.15, 0.2) is 0 Å². The highest BCUT2D eigenvalue weighted by molar-refractivity contribution is 9.10. The molecule has 0 saturated carbocycles. The van der Waals surface area contributed by atoms with E-state index in [2.05, 4.69) is 42.0 Å². The summed E-state index contributed by atoms with van der Waals surface area (Å²) in [6, 6.07) is 6.88. The zero-order valence-electron chi connectivity index (χ0n) is 14.1. The molecule has 1 N–H and O–H groups in total. The van der Waals surface area contributed by atoms with Gasteiger partial charge in [0.25, 0.3) is 5.91 Å². The van der Waals surface area contributed by atoms with Crippen LogP contribution in [0.1, 0.15) is 51.4 Å². The van der Waals surface area contributed by atoms with Crippen molar-refractivity contribution < 1.29 is 9.21 Å². The molecule has 0 aliphatic rings. The van der Waals surface area contributed by atoms with E-state index in [9.17, 15) is 9.59 Å². The second-order valence-electron chi connectivity index (χ2n) is 7.71. The number of hydrogen-bond acceptors (Lipinski definition) is 3. The lowest BCUT2D eigenvalue weighted by Gasteiger charge is -2.33. The lowest BCUT2D eigenvalue weighted by Crippen LogP contribution is -2.46. The molecule has 0 atom stereocenters. The van der Waals surface area contributed by atoms with Crippen LogP contribution in [0.4, 0.5) is 0 Å². The van der Waals surface area contributed by atoms with Crippen molar-refractivity contribution in [2.75, 3.05) is 0 Å². The summed E-state index contributed by atoms with van der Waals surface area (Å²) in [6.45, 7) is 10.2. The van der Waals surface area contributed by atoms with Crippen molar-refractivity contribution in [3.05, 3.63) is 44.7 Å². The molecule has 5 heteroatoms. The molecule has 0 unspecified atom stereocenters. The monoisotopic (exact) mass is 379 g/mol. The molecule has 0 radical (unpaired) electrons. The Morgan fingerprint density at radius 3 is 2.43 bits per heavy atom. The Morgan fingerprint density at radius 1 is 1.17 bits per heavy atom. The molecule has 23 heavy (non-hydrogen) atoms. The van der Waals surface area contributed by atoms with Gasteiger partial charge < -0.3 is 9.73 Å². The maximum Gasteiger partial charge on any atom is 0.349 e. The topological polar surface area (TPSA) is 59.3 Å². The average Bonchev–Trinajstić information content (AvgIpc) is 2.34. The van der Waals surface area contributed by atoms with E-state index in [0.717, 1.165) is 10.9 Å². The molecule has 2 aromatic rings. The first-order valence-electron chi connectivity index (χ1n) is 7.53. The first kappa shape index (κ1) is 17.7. The molecular weight excluding hydrogens is 358 g/mol. The van der Waals surface area contributed by atoms with Crippen molar-refractivity contribution in [1.29, 1.82) is 0 Å². The zero-order valence-corrected chi connectivity index (χ0v) is 15.7. The van der Waals surface area contributed by atoms with E-state index in [0.29, 0.717) is 11.0 Å². The van der Waals surface area contributed by atoms with Crippen LogP contribution in [0.2, 0.25) is 0 Å². The second kappa shape index (κ2) is 6.11. The predicted octanol–water partition coefficient (Wildman–Crippen LogP) is 4.50. The van der Waals surface area contributed by atoms with Crippen molar-refractivity contribution >= 4 is 32.8 Å². The Balaban J connectivity index is 2.34. The molecule has 0 fully saturated rings. The predicted molar refractivity (Wildman–Crippen MR) is 95.8 cm³/mol. The number of carbonyl (C=O) groups excluding carboxylic acids is 1. The number of fused-ring (bicyclic) bond motifs is 1. The van der Waals surface area contributed by atoms with Crippen LogP contribution in [0.5, 0.6) is 0 Å². The van der Waals surface area contributed by atoms with Gasteiger partial charge in [0.1, 0.15) is 11.1 Å². The molecule has 0 aliphatic carbocycles. The van der Waals surface area contributed by atoms with Crippen LogP contribution in [0, 0.1) is 5.41 Å². The van der Waals surface area contributed by atoms with E-state index >= 15 is 0 Å². The molecule has 1 amide bonds. The minimum atomic E-state index is -0.621. The first-order chi connectivity index (χ1) is 10.5. The zero-order chi connectivity index (χ0) is 17.4. The van der Waals surface area contributed by atoms with E-state index in [1.165, 1.54) is 0 Å². The molecule has 0 aliphatic heterocycles. The van der Waals surface area contributed by atoms with Gasteiger partial charge >= 0.3 is 5.63 Å². The normalized spacial score (nSPS) is 12.4. The van der Waals surface area contributed by atoms with Crippen LogP contribution in [0.3, 0.4) is 0 Å². The summed E-state index contributed by atoms with van der Waals surface area (Å²) in [7, 11) is 0. The van der Waals surface area contributed by atoms with Gasteiger partial charge in [-0.3, -0.25) is 4.79 Å². The molecular formula is C18H22BrNO3. The van der Waals surface area contributed by atoms with Gasteiger partial charge in [0.2, 0.25) is 0 Å². The van der Waals surface area contributed by atoms with E-state index in [1.54, 1.807) is 18.2 Å². The van der Waals surface area contributed by atoms with Crippen molar-refractivity contribution in [3.8, 4) is 0 Å². The number of carbonyl (C=O) groups is 1. The third kappa shape index (κ3) is 4.67. The van der Waals surface area contributed by atoms with Crippen molar-refractivity contribution in [2.24, 2.45) is 5.41 Å². The fourth-order valence-electron chi connectivity index (χ4n) is 3.00. The molecule has 4 nitrogen and oxygen atoms in total. The Labute approximate surface area is 144 Å². The van der Waals surface area contributed by atoms with Crippen LogP contribution >= 0.6 is 15.9 Å². The highest BCUT2D eigenvalue weighted by Crippen LogP contribution is 2.27. The SMILES string of the molecule is CC(C)(C)CC(C)(C)NC(=O)c1cc2cc(Br)ccc2oc1=O. The molecule has 0 spiro atoms. The Bertz CT molecular complexity index is 800. The second-order valence-corrected chi connectivity index (χ2v) is 8.62. The van der Waals surface area contributed by atoms with Crippen molar-refractivity contribution in [2.45, 2.75) is 46.6 Å². The van der Waals surface area contributed by atoms with Gasteiger partial charge in [0, 0.05) is 15.4 Å². The molecule has 124 valence electrons. The number of halogens is 1. The van der Waals surface area contributed by atoms with Gasteiger partial charge in [-0.2, -0.15) is 0 Å². The van der Waals surface area contributed by atoms with E-state index < -0.39 is 17.1 Å². The lowest BCUT2D eigenvalue weighted by molar-refractivity contribution is 0.0888. The molecule has 1 aromatic heterocycles. The smallest absolute Gasteiger partial charge is 0.349 e. The number of rotatable bonds is 3. The maximum absolute atomic E-state index is 12.5. The molecule has 1 aromatic carbocycles. The van der Waals surface area contributed by atoms with Crippen LogP contribution < -0.4 is 10.9 Å². The van der Waals surface area contributed by atoms with Gasteiger partial charge in [-0.1, -0.05) is 36.7 Å². The van der Waals surface area contributed by atoms with E-state index in [1.807, 2.05) is 19.9 Å². The van der Waals surface area contributed by atoms with Crippen LogP contribution in [0.25, 0.3) is 11.0 Å². The van der Waals surface area contributed by atoms with Gasteiger partial charge in [-0.05, 0) is 49.9 Å². The van der Waals surface area contributed by atoms with Gasteiger partial charge in [-0.15, -0.1) is 0 Å². The lowest BCUT2D eigenvalue weighted by atomic mass is 9.81. The third-order valence-corrected chi connectivity index (χ3v) is 3.86. The molecule has 0 saturated heterocycles. The van der Waals surface area contributed by atoms with E-state index in [4.69, 9.17) is 4.42 Å². The fraction of sp³-hybridized carbons (Fsp3) is 0.444. The summed E-state index contributed by atoms with van der Waals surface area (Å²) in [5.74, 6) is -0.408. The largest absolute Gasteiger partial charge is 0.422 e. The Hall–Kier alpha value is -1.62. The Morgan fingerprint density at radius 2 is 1.83 bits per heavy atom. The van der Waals surface area contributed by atoms with Crippen molar-refractivity contribution in [3.63, 3.8) is 0 Å². The summed E-state index contributed by atoms with van der Waals surface area (Å²) in [5.41, 5.74) is -0.492. The van der Waals surface area contributed by atoms with Crippen LogP contribution in [0.15, 0.2) is 37.9 Å². The summed E-state index contributed by atoms with van der Waals surface area (Å²) in [4.78, 5) is 24.6. The quantitative estimate of drug-likeness (QED) is 0.798. The highest BCUT2D eigenvalue weighted by atomic mass is 79.9. The minimum Gasteiger partial charge on any atom is -0.422 e. The minimum absolute atomic E-state index is 0.0255. The van der Waals surface area contributed by atoms with Gasteiger partial charge in [0.05, 0.1) is 0 Å². The summed E-state index contributed by atoms with van der Waals surface area (Å²) >= 11 is 3.37. The number of hydrogen-bond donors (Lipinski definition) is 1. The molecule has 1 heterocycles. The van der Waals surface area contributed by atoms with Crippen molar-refractivity contribution in [1.82, 2.24) is 5.32 Å². The summed E-state index contributed by atoms with van der Waals surface area (Å²) in [6.07, 6.45) is 0.788. The Kier molecular flexibility index (Phi) is 4.71. The number of nitrogens with one attached hydrogen (secondary N) is 1. The van der Waals surface area contributed by atoms with Gasteiger partial charge in [-0.25, -0.2) is 4.79 Å². The van der Waals surface area contributed by atoms with E-state index in [-0.39, 0.29) is 11.0 Å². The third-order valence-electron chi connectivity index (χ3n) is 3.36. The first-order valence-corrected chi connectivity index (χ1v) is 8.32. The summed E-state index contributed by atoms with van der Waals surface area (Å²) in [5, 5.41) is 3.64. The summed E-state index contributed by atoms with van der Waals surface area (Å²) < 4.78 is 6.11. The van der Waals surface area contributed by atoms with Crippen LogP contribution in [-0.2, 0) is 0 Å². The van der Waals surface area contributed by atoms with Crippen LogP contribution in [-0.4, -0.2) is 11.4 Å². The molecule has 2 rings (SSSR count). The standard InChI is InChI=1S/C18H22BrNO3/c1-17(2,3)10-18(4,5)20-15(21)13-9-11-8-12(19)6-7-14(11)23-16(13)22/h6-9H,10H2,1-5H3,(H,20,21). The number of amides is 1. The number of benzene rings is 1. The average molecular weight is 380 g/mol. The molecule has 0 bridgehead atoms. The maximum atomic E-state index is 12.5.